The minimum atomic E-state index is -1.85. The Bertz CT molecular complexity index is 1200. The fourth-order valence-corrected chi connectivity index (χ4v) is 3.33. The van der Waals surface area contributed by atoms with Crippen LogP contribution >= 0.6 is 34.8 Å². The number of benzene rings is 2. The molecule has 0 aliphatic heterocycles. The molecule has 1 atom stereocenters. The highest BCUT2D eigenvalue weighted by molar-refractivity contribution is 6.68. The van der Waals surface area contributed by atoms with Gasteiger partial charge in [0.05, 0.1) is 11.4 Å². The van der Waals surface area contributed by atoms with Crippen LogP contribution in [0.4, 0.5) is 5.69 Å². The quantitative estimate of drug-likeness (QED) is 0.281. The van der Waals surface area contributed by atoms with Gasteiger partial charge >= 0.3 is 0 Å². The van der Waals surface area contributed by atoms with Gasteiger partial charge in [0.15, 0.2) is 5.69 Å². The number of rotatable bonds is 7. The maximum atomic E-state index is 13.0. The third-order valence-electron chi connectivity index (χ3n) is 4.91. The highest BCUT2D eigenvalue weighted by Crippen LogP contribution is 2.32. The van der Waals surface area contributed by atoms with E-state index in [4.69, 9.17) is 39.5 Å². The van der Waals surface area contributed by atoms with E-state index in [0.717, 1.165) is 16.9 Å². The van der Waals surface area contributed by atoms with Crippen LogP contribution in [0.3, 0.4) is 0 Å². The van der Waals surface area contributed by atoms with Crippen molar-refractivity contribution in [2.24, 2.45) is 12.0 Å². The zero-order chi connectivity index (χ0) is 24.2. The molecule has 0 saturated heterocycles. The molecule has 0 radical (unpaired) electrons. The van der Waals surface area contributed by atoms with Gasteiger partial charge in [-0.05, 0) is 48.9 Å². The third kappa shape index (κ3) is 5.99. The Morgan fingerprint density at radius 3 is 2.36 bits per heavy atom. The molecule has 1 N–H and O–H groups in total. The van der Waals surface area contributed by atoms with Crippen LogP contribution in [-0.2, 0) is 11.8 Å². The average molecular weight is 510 g/mol. The van der Waals surface area contributed by atoms with Gasteiger partial charge in [0, 0.05) is 19.7 Å². The van der Waals surface area contributed by atoms with E-state index in [1.165, 1.54) is 0 Å². The second kappa shape index (κ2) is 10.5. The van der Waals surface area contributed by atoms with Crippen LogP contribution in [0.2, 0.25) is 0 Å². The number of hydrogen-bond acceptors (Lipinski definition) is 4. The number of carbonyl (C=O) groups excluding carboxylic acids is 1. The van der Waals surface area contributed by atoms with Gasteiger partial charge < -0.3 is 10.1 Å². The second-order valence-corrected chi connectivity index (χ2v) is 9.57. The van der Waals surface area contributed by atoms with Crippen molar-refractivity contribution in [3.8, 4) is 11.4 Å². The van der Waals surface area contributed by atoms with Crippen LogP contribution in [-0.4, -0.2) is 31.5 Å². The van der Waals surface area contributed by atoms with Gasteiger partial charge in [-0.15, -0.1) is 0 Å². The summed E-state index contributed by atoms with van der Waals surface area (Å²) in [6.07, 6.45) is 0.660. The van der Waals surface area contributed by atoms with Crippen LogP contribution in [0.25, 0.3) is 5.69 Å². The van der Waals surface area contributed by atoms with Crippen molar-refractivity contribution in [2.45, 2.75) is 30.3 Å². The number of amides is 1. The molecule has 7 nitrogen and oxygen atoms in total. The Morgan fingerprint density at radius 2 is 1.79 bits per heavy atom. The first-order chi connectivity index (χ1) is 15.6. The lowest BCUT2D eigenvalue weighted by Crippen LogP contribution is -2.47. The molecule has 0 unspecified atom stereocenters. The van der Waals surface area contributed by atoms with E-state index in [9.17, 15) is 9.59 Å². The van der Waals surface area contributed by atoms with E-state index in [1.54, 1.807) is 46.8 Å². The minimum absolute atomic E-state index is 0.213. The Morgan fingerprint density at radius 1 is 1.15 bits per heavy atom. The van der Waals surface area contributed by atoms with Gasteiger partial charge in [-0.1, -0.05) is 59.9 Å². The summed E-state index contributed by atoms with van der Waals surface area (Å²) in [5.41, 5.74) is 2.36. The Balaban J connectivity index is 1.80. The molecule has 33 heavy (non-hydrogen) atoms. The van der Waals surface area contributed by atoms with E-state index >= 15 is 0 Å². The van der Waals surface area contributed by atoms with Crippen LogP contribution in [0.5, 0.6) is 5.75 Å². The van der Waals surface area contributed by atoms with Crippen molar-refractivity contribution < 1.29 is 9.53 Å². The van der Waals surface area contributed by atoms with Gasteiger partial charge in [0.25, 0.3) is 5.56 Å². The first-order valence-corrected chi connectivity index (χ1v) is 11.3. The van der Waals surface area contributed by atoms with Gasteiger partial charge in [0.2, 0.25) is 15.9 Å². The van der Waals surface area contributed by atoms with E-state index in [2.05, 4.69) is 10.3 Å². The van der Waals surface area contributed by atoms with Gasteiger partial charge in [-0.25, -0.2) is 9.67 Å². The molecular weight excluding hydrogens is 487 g/mol. The summed E-state index contributed by atoms with van der Waals surface area (Å²) >= 11 is 17.8. The van der Waals surface area contributed by atoms with Crippen LogP contribution in [0, 0.1) is 6.92 Å². The number of ether oxygens (including phenoxy) is 1. The summed E-state index contributed by atoms with van der Waals surface area (Å²) in [5.74, 6) is 0.0803. The predicted molar refractivity (Wildman–Crippen MR) is 133 cm³/mol. The molecule has 174 valence electrons. The number of alkyl halides is 3. The number of nitrogens with zero attached hydrogens (tertiary/aromatic N) is 3. The predicted octanol–water partition coefficient (Wildman–Crippen LogP) is 4.84. The molecule has 1 heterocycles. The topological polar surface area (TPSA) is 77.6 Å². The molecule has 10 heteroatoms. The van der Waals surface area contributed by atoms with E-state index in [1.807, 2.05) is 44.3 Å². The van der Waals surface area contributed by atoms with Crippen molar-refractivity contribution in [3.05, 3.63) is 76.2 Å². The highest BCUT2D eigenvalue weighted by atomic mass is 35.6. The lowest BCUT2D eigenvalue weighted by atomic mass is 10.2. The lowest BCUT2D eigenvalue weighted by Gasteiger charge is -2.26. The van der Waals surface area contributed by atoms with Crippen molar-refractivity contribution >= 4 is 52.6 Å². The number of hydrogen-bond donors (Lipinski definition) is 1. The number of para-hydroxylation sites is 1. The Kier molecular flexibility index (Phi) is 7.89. The molecule has 0 fully saturated rings. The number of aliphatic imine (C=N–C) groups is 1. The molecular formula is C23H23Cl3N4O3. The lowest BCUT2D eigenvalue weighted by molar-refractivity contribution is -0.123. The third-order valence-corrected chi connectivity index (χ3v) is 5.51. The molecule has 2 aromatic carbocycles. The standard InChI is InChI=1S/C23H23Cl3N4O3/c1-4-19(31)28-22(23(24,25)26)33-18-12-10-16(11-13-18)14-27-20-15(2)29(3)30(21(20)32)17-8-6-5-7-9-17/h5-14,22H,4H2,1-3H3,(H,28,31)/t22-/m1/s1. The van der Waals surface area contributed by atoms with E-state index < -0.39 is 10.0 Å². The average Bonchev–Trinajstić information content (AvgIpc) is 3.00. The first-order valence-electron chi connectivity index (χ1n) is 10.1. The van der Waals surface area contributed by atoms with Crippen LogP contribution in [0.15, 0.2) is 64.4 Å². The molecule has 0 spiro atoms. The largest absolute Gasteiger partial charge is 0.466 e. The summed E-state index contributed by atoms with van der Waals surface area (Å²) in [6, 6.07) is 16.2. The monoisotopic (exact) mass is 508 g/mol. The number of halogens is 3. The molecule has 0 saturated carbocycles. The van der Waals surface area contributed by atoms with Crippen LogP contribution < -0.4 is 15.6 Å². The molecule has 3 aromatic rings. The molecule has 3 rings (SSSR count). The van der Waals surface area contributed by atoms with Crippen LogP contribution in [0.1, 0.15) is 24.6 Å². The minimum Gasteiger partial charge on any atom is -0.466 e. The zero-order valence-electron chi connectivity index (χ0n) is 18.3. The Labute approximate surface area is 206 Å². The summed E-state index contributed by atoms with van der Waals surface area (Å²) in [4.78, 5) is 29.1. The molecule has 0 aliphatic carbocycles. The maximum Gasteiger partial charge on any atom is 0.297 e. The normalized spacial score (nSPS) is 12.7. The summed E-state index contributed by atoms with van der Waals surface area (Å²) in [7, 11) is 1.81. The van der Waals surface area contributed by atoms with Crippen molar-refractivity contribution in [1.82, 2.24) is 14.7 Å². The summed E-state index contributed by atoms with van der Waals surface area (Å²) in [5, 5.41) is 2.53. The van der Waals surface area contributed by atoms with Gasteiger partial charge in [-0.2, -0.15) is 0 Å². The molecule has 0 aliphatic rings. The molecule has 1 aromatic heterocycles. The van der Waals surface area contributed by atoms with Crippen molar-refractivity contribution in [2.75, 3.05) is 0 Å². The van der Waals surface area contributed by atoms with Crippen molar-refractivity contribution in [1.29, 1.82) is 0 Å². The highest BCUT2D eigenvalue weighted by Gasteiger charge is 2.35. The first kappa shape index (κ1) is 24.9. The molecule has 0 bridgehead atoms. The molecule has 1 amide bonds. The smallest absolute Gasteiger partial charge is 0.297 e. The van der Waals surface area contributed by atoms with E-state index in [0.29, 0.717) is 11.4 Å². The maximum absolute atomic E-state index is 13.0. The van der Waals surface area contributed by atoms with E-state index in [-0.39, 0.29) is 17.9 Å². The SMILES string of the molecule is CCC(=O)N[C@H](Oc1ccc(C=Nc2c(C)n(C)n(-c3ccccc3)c2=O)cc1)C(Cl)(Cl)Cl. The van der Waals surface area contributed by atoms with Gasteiger partial charge in [-0.3, -0.25) is 14.3 Å². The Hall–Kier alpha value is -2.74. The number of nitrogens with one attached hydrogen (secondary N) is 1. The van der Waals surface area contributed by atoms with Gasteiger partial charge in [0.1, 0.15) is 5.75 Å². The van der Waals surface area contributed by atoms with Crippen molar-refractivity contribution in [3.63, 3.8) is 0 Å². The zero-order valence-corrected chi connectivity index (χ0v) is 20.5. The number of aromatic nitrogens is 2. The summed E-state index contributed by atoms with van der Waals surface area (Å²) in [6.45, 7) is 3.52. The second-order valence-electron chi connectivity index (χ2n) is 7.20. The number of carbonyl (C=O) groups is 1. The fraction of sp³-hybridized carbons (Fsp3) is 0.261. The fourth-order valence-electron chi connectivity index (χ4n) is 3.04. The summed E-state index contributed by atoms with van der Waals surface area (Å²) < 4.78 is 7.13.